The van der Waals surface area contributed by atoms with Crippen LogP contribution in [-0.2, 0) is 9.53 Å². The average molecular weight is 170 g/mol. The van der Waals surface area contributed by atoms with Crippen molar-refractivity contribution in [3.8, 4) is 0 Å². The highest BCUT2D eigenvalue weighted by Crippen LogP contribution is 2.15. The van der Waals surface area contributed by atoms with Crippen LogP contribution in [0.25, 0.3) is 0 Å². The Hall–Kier alpha value is -1.52. The van der Waals surface area contributed by atoms with E-state index in [2.05, 4.69) is 10.1 Å². The molecule has 2 amide bonds. The topological polar surface area (TPSA) is 81.4 Å². The van der Waals surface area contributed by atoms with Gasteiger partial charge in [0, 0.05) is 12.1 Å². The molecule has 3 N–H and O–H groups in total. The van der Waals surface area contributed by atoms with Crippen LogP contribution in [0, 0.1) is 0 Å². The number of ether oxygens (including phenoxy) is 1. The largest absolute Gasteiger partial charge is 0.462 e. The van der Waals surface area contributed by atoms with Crippen molar-refractivity contribution in [2.24, 2.45) is 5.73 Å². The lowest BCUT2D eigenvalue weighted by Crippen LogP contribution is -2.28. The number of hydrogen-bond acceptors (Lipinski definition) is 3. The van der Waals surface area contributed by atoms with Crippen LogP contribution in [0.1, 0.15) is 13.3 Å². The number of cyclic esters (lactones) is 1. The molecule has 0 aromatic rings. The third kappa shape index (κ3) is 1.75. The first-order valence-electron chi connectivity index (χ1n) is 3.54. The number of amides is 2. The molecule has 0 aromatic heterocycles. The first kappa shape index (κ1) is 8.58. The molecule has 12 heavy (non-hydrogen) atoms. The number of carbonyl (C=O) groups is 2. The molecule has 0 radical (unpaired) electrons. The van der Waals surface area contributed by atoms with Crippen molar-refractivity contribution in [2.45, 2.75) is 13.3 Å². The Morgan fingerprint density at radius 2 is 2.33 bits per heavy atom. The van der Waals surface area contributed by atoms with E-state index in [-0.39, 0.29) is 5.97 Å². The van der Waals surface area contributed by atoms with Gasteiger partial charge in [-0.3, -0.25) is 0 Å². The molecule has 0 aromatic carbocycles. The highest BCUT2D eigenvalue weighted by molar-refractivity contribution is 5.91. The van der Waals surface area contributed by atoms with Gasteiger partial charge >= 0.3 is 12.0 Å². The summed E-state index contributed by atoms with van der Waals surface area (Å²) in [6.07, 6.45) is 0.533. The highest BCUT2D eigenvalue weighted by atomic mass is 16.5. The number of primary amides is 1. The second-order valence-corrected chi connectivity index (χ2v) is 2.48. The van der Waals surface area contributed by atoms with Crippen molar-refractivity contribution in [3.63, 3.8) is 0 Å². The Morgan fingerprint density at radius 1 is 1.67 bits per heavy atom. The zero-order valence-corrected chi connectivity index (χ0v) is 6.72. The minimum atomic E-state index is -0.667. The molecule has 0 atom stereocenters. The van der Waals surface area contributed by atoms with Crippen LogP contribution in [0.5, 0.6) is 0 Å². The van der Waals surface area contributed by atoms with Gasteiger partial charge in [0.05, 0.1) is 12.2 Å². The Balaban J connectivity index is 2.74. The zero-order valence-electron chi connectivity index (χ0n) is 6.72. The Labute approximate surface area is 69.6 Å². The summed E-state index contributed by atoms with van der Waals surface area (Å²) in [4.78, 5) is 21.3. The number of esters is 1. The second kappa shape index (κ2) is 3.25. The van der Waals surface area contributed by atoms with Gasteiger partial charge in [0.25, 0.3) is 0 Å². The lowest BCUT2D eigenvalue weighted by atomic mass is 10.2. The SMILES string of the molecule is C/C(NC(N)=O)=C1\CCOC1=O. The van der Waals surface area contributed by atoms with Gasteiger partial charge in [-0.25, -0.2) is 9.59 Å². The molecule has 1 aliphatic heterocycles. The monoisotopic (exact) mass is 170 g/mol. The summed E-state index contributed by atoms with van der Waals surface area (Å²) in [6.45, 7) is 2.00. The van der Waals surface area contributed by atoms with Crippen LogP contribution >= 0.6 is 0 Å². The fourth-order valence-electron chi connectivity index (χ4n) is 1.04. The van der Waals surface area contributed by atoms with E-state index >= 15 is 0 Å². The number of nitrogens with one attached hydrogen (secondary N) is 1. The van der Waals surface area contributed by atoms with Crippen molar-refractivity contribution >= 4 is 12.0 Å². The molecule has 1 aliphatic rings. The van der Waals surface area contributed by atoms with Crippen molar-refractivity contribution in [1.29, 1.82) is 0 Å². The molecule has 66 valence electrons. The van der Waals surface area contributed by atoms with E-state index in [1.807, 2.05) is 0 Å². The van der Waals surface area contributed by atoms with Crippen LogP contribution < -0.4 is 11.1 Å². The summed E-state index contributed by atoms with van der Waals surface area (Å²) in [5.41, 5.74) is 5.84. The fraction of sp³-hybridized carbons (Fsp3) is 0.429. The van der Waals surface area contributed by atoms with Crippen molar-refractivity contribution in [2.75, 3.05) is 6.61 Å². The summed E-state index contributed by atoms with van der Waals surface area (Å²) in [7, 11) is 0. The lowest BCUT2D eigenvalue weighted by Gasteiger charge is -2.02. The molecule has 5 nitrogen and oxygen atoms in total. The van der Waals surface area contributed by atoms with Crippen molar-refractivity contribution in [3.05, 3.63) is 11.3 Å². The number of carbonyl (C=O) groups excluding carboxylic acids is 2. The van der Waals surface area contributed by atoms with Gasteiger partial charge < -0.3 is 15.8 Å². The normalized spacial score (nSPS) is 20.2. The average Bonchev–Trinajstić information content (AvgIpc) is 2.33. The van der Waals surface area contributed by atoms with Crippen LogP contribution in [0.2, 0.25) is 0 Å². The van der Waals surface area contributed by atoms with Gasteiger partial charge in [-0.1, -0.05) is 0 Å². The second-order valence-electron chi connectivity index (χ2n) is 2.48. The molecule has 0 spiro atoms. The van der Waals surface area contributed by atoms with Crippen LogP contribution in [-0.4, -0.2) is 18.6 Å². The molecule has 1 heterocycles. The molecule has 0 bridgehead atoms. The number of allylic oxidation sites excluding steroid dienone is 1. The highest BCUT2D eigenvalue weighted by Gasteiger charge is 2.21. The molecule has 5 heteroatoms. The van der Waals surface area contributed by atoms with Crippen molar-refractivity contribution < 1.29 is 14.3 Å². The third-order valence-electron chi connectivity index (χ3n) is 1.59. The number of hydrogen-bond donors (Lipinski definition) is 2. The molecule has 0 saturated carbocycles. The number of urea groups is 1. The fourth-order valence-corrected chi connectivity index (χ4v) is 1.04. The molecule has 0 aliphatic carbocycles. The summed E-state index contributed by atoms with van der Waals surface area (Å²) < 4.78 is 4.68. The molecule has 1 saturated heterocycles. The summed E-state index contributed by atoms with van der Waals surface area (Å²) in [6, 6.07) is -0.667. The van der Waals surface area contributed by atoms with Gasteiger partial charge in [0.2, 0.25) is 0 Å². The smallest absolute Gasteiger partial charge is 0.335 e. The predicted octanol–water partition coefficient (Wildman–Crippen LogP) is -0.124. The molecule has 1 fully saturated rings. The van der Waals surface area contributed by atoms with E-state index in [0.29, 0.717) is 24.3 Å². The van der Waals surface area contributed by atoms with Gasteiger partial charge in [0.1, 0.15) is 0 Å². The van der Waals surface area contributed by atoms with E-state index in [9.17, 15) is 9.59 Å². The summed E-state index contributed by atoms with van der Waals surface area (Å²) in [5, 5.41) is 2.33. The van der Waals surface area contributed by atoms with Gasteiger partial charge in [0.15, 0.2) is 0 Å². The minimum Gasteiger partial charge on any atom is -0.462 e. The van der Waals surface area contributed by atoms with E-state index in [1.54, 1.807) is 6.92 Å². The molecule has 1 rings (SSSR count). The first-order valence-corrected chi connectivity index (χ1v) is 3.54. The quantitative estimate of drug-likeness (QED) is 0.425. The standard InChI is InChI=1S/C7H10N2O3/c1-4(9-7(8)11)5-2-3-12-6(5)10/h2-3H2,1H3,(H3,8,9,11)/b5-4-. The van der Waals surface area contributed by atoms with Crippen LogP contribution in [0.15, 0.2) is 11.3 Å². The Bertz CT molecular complexity index is 257. The number of nitrogens with two attached hydrogens (primary N) is 1. The molecular formula is C7H10N2O3. The van der Waals surface area contributed by atoms with E-state index in [4.69, 9.17) is 5.73 Å². The first-order chi connectivity index (χ1) is 5.61. The third-order valence-corrected chi connectivity index (χ3v) is 1.59. The lowest BCUT2D eigenvalue weighted by molar-refractivity contribution is -0.135. The Morgan fingerprint density at radius 3 is 2.75 bits per heavy atom. The summed E-state index contributed by atoms with van der Waals surface area (Å²) >= 11 is 0. The Kier molecular flexibility index (Phi) is 2.32. The minimum absolute atomic E-state index is 0.374. The van der Waals surface area contributed by atoms with Crippen LogP contribution in [0.3, 0.4) is 0 Å². The molecule has 0 unspecified atom stereocenters. The van der Waals surface area contributed by atoms with Gasteiger partial charge in [-0.15, -0.1) is 0 Å². The summed E-state index contributed by atoms with van der Waals surface area (Å²) in [5.74, 6) is -0.374. The zero-order chi connectivity index (χ0) is 9.14. The maximum Gasteiger partial charge on any atom is 0.335 e. The van der Waals surface area contributed by atoms with E-state index in [1.165, 1.54) is 0 Å². The van der Waals surface area contributed by atoms with Crippen molar-refractivity contribution in [1.82, 2.24) is 5.32 Å². The number of rotatable bonds is 1. The van der Waals surface area contributed by atoms with E-state index in [0.717, 1.165) is 0 Å². The maximum absolute atomic E-state index is 10.9. The van der Waals surface area contributed by atoms with Gasteiger partial charge in [-0.05, 0) is 6.92 Å². The van der Waals surface area contributed by atoms with Crippen LogP contribution in [0.4, 0.5) is 4.79 Å². The van der Waals surface area contributed by atoms with Gasteiger partial charge in [-0.2, -0.15) is 0 Å². The molecular weight excluding hydrogens is 160 g/mol. The maximum atomic E-state index is 10.9. The van der Waals surface area contributed by atoms with E-state index < -0.39 is 6.03 Å². The predicted molar refractivity (Wildman–Crippen MR) is 41.0 cm³/mol.